The number of aromatic nitrogens is 4. The average Bonchev–Trinajstić information content (AvgIpc) is 3.30. The molecule has 1 amide bonds. The predicted molar refractivity (Wildman–Crippen MR) is 123 cm³/mol. The summed E-state index contributed by atoms with van der Waals surface area (Å²) >= 11 is 14.1. The van der Waals surface area contributed by atoms with Crippen LogP contribution in [-0.4, -0.2) is 31.5 Å². The SMILES string of the molecule is CSCc1nc2ccccc2n1CC(=O)Nc1ccnn1Cc1cccc(Cl)c1Cl. The van der Waals surface area contributed by atoms with E-state index >= 15 is 0 Å². The van der Waals surface area contributed by atoms with E-state index in [0.29, 0.717) is 22.4 Å². The summed E-state index contributed by atoms with van der Waals surface area (Å²) in [5.74, 6) is 2.04. The number of anilines is 1. The predicted octanol–water partition coefficient (Wildman–Crippen LogP) is 5.09. The van der Waals surface area contributed by atoms with E-state index in [2.05, 4.69) is 15.4 Å². The third-order valence-corrected chi connectivity index (χ3v) is 6.05. The normalized spacial score (nSPS) is 11.2. The minimum absolute atomic E-state index is 0.153. The standard InChI is InChI=1S/C21H19Cl2N5OS/c1-30-13-19-25-16-7-2-3-8-17(16)27(19)12-20(29)26-18-9-10-24-28(18)11-14-5-4-6-15(22)21(14)23/h2-10H,11-13H2,1H3,(H,26,29). The summed E-state index contributed by atoms with van der Waals surface area (Å²) in [5, 5.41) is 8.23. The molecule has 2 aromatic carbocycles. The van der Waals surface area contributed by atoms with Crippen LogP contribution in [0.2, 0.25) is 10.0 Å². The van der Waals surface area contributed by atoms with E-state index in [0.717, 1.165) is 28.2 Å². The number of thioether (sulfide) groups is 1. The topological polar surface area (TPSA) is 64.7 Å². The van der Waals surface area contributed by atoms with Crippen molar-refractivity contribution in [3.05, 3.63) is 76.2 Å². The van der Waals surface area contributed by atoms with Gasteiger partial charge in [-0.2, -0.15) is 16.9 Å². The van der Waals surface area contributed by atoms with Gasteiger partial charge in [0.1, 0.15) is 18.2 Å². The minimum Gasteiger partial charge on any atom is -0.318 e. The highest BCUT2D eigenvalue weighted by Crippen LogP contribution is 2.27. The first-order valence-electron chi connectivity index (χ1n) is 9.24. The quantitative estimate of drug-likeness (QED) is 0.417. The number of para-hydroxylation sites is 2. The van der Waals surface area contributed by atoms with Gasteiger partial charge in [0.05, 0.1) is 39.6 Å². The van der Waals surface area contributed by atoms with E-state index < -0.39 is 0 Å². The molecule has 0 saturated carbocycles. The molecule has 2 heterocycles. The second kappa shape index (κ2) is 9.12. The van der Waals surface area contributed by atoms with Crippen molar-refractivity contribution in [3.63, 3.8) is 0 Å². The number of hydrogen-bond acceptors (Lipinski definition) is 4. The monoisotopic (exact) mass is 459 g/mol. The van der Waals surface area contributed by atoms with Crippen molar-refractivity contribution in [1.82, 2.24) is 19.3 Å². The number of nitrogens with zero attached hydrogens (tertiary/aromatic N) is 4. The molecular weight excluding hydrogens is 441 g/mol. The molecule has 4 rings (SSSR count). The molecule has 4 aromatic rings. The number of rotatable bonds is 7. The Kier molecular flexibility index (Phi) is 6.32. The summed E-state index contributed by atoms with van der Waals surface area (Å²) in [4.78, 5) is 17.5. The van der Waals surface area contributed by atoms with E-state index in [1.165, 1.54) is 0 Å². The second-order valence-corrected chi connectivity index (χ2v) is 8.32. The van der Waals surface area contributed by atoms with Crippen molar-refractivity contribution in [1.29, 1.82) is 0 Å². The van der Waals surface area contributed by atoms with E-state index in [1.807, 2.05) is 47.2 Å². The first-order valence-corrected chi connectivity index (χ1v) is 11.4. The average molecular weight is 460 g/mol. The highest BCUT2D eigenvalue weighted by atomic mass is 35.5. The number of halogens is 2. The van der Waals surface area contributed by atoms with Gasteiger partial charge in [-0.3, -0.25) is 4.79 Å². The lowest BCUT2D eigenvalue weighted by Gasteiger charge is -2.12. The first-order chi connectivity index (χ1) is 14.6. The van der Waals surface area contributed by atoms with Crippen LogP contribution in [0.25, 0.3) is 11.0 Å². The van der Waals surface area contributed by atoms with Gasteiger partial charge in [0.25, 0.3) is 0 Å². The van der Waals surface area contributed by atoms with Crippen molar-refractivity contribution >= 4 is 57.7 Å². The number of carbonyl (C=O) groups excluding carboxylic acids is 1. The van der Waals surface area contributed by atoms with Gasteiger partial charge in [0.2, 0.25) is 5.91 Å². The Bertz CT molecular complexity index is 1200. The molecule has 9 heteroatoms. The maximum absolute atomic E-state index is 12.8. The largest absolute Gasteiger partial charge is 0.318 e. The summed E-state index contributed by atoms with van der Waals surface area (Å²) in [6.07, 6.45) is 3.66. The van der Waals surface area contributed by atoms with Gasteiger partial charge >= 0.3 is 0 Å². The van der Waals surface area contributed by atoms with Crippen LogP contribution in [-0.2, 0) is 23.6 Å². The lowest BCUT2D eigenvalue weighted by molar-refractivity contribution is -0.116. The molecule has 0 spiro atoms. The second-order valence-electron chi connectivity index (χ2n) is 6.67. The van der Waals surface area contributed by atoms with E-state index in [9.17, 15) is 4.79 Å². The highest BCUT2D eigenvalue weighted by Gasteiger charge is 2.15. The van der Waals surface area contributed by atoms with Gasteiger partial charge < -0.3 is 9.88 Å². The summed E-state index contributed by atoms with van der Waals surface area (Å²) in [6.45, 7) is 0.563. The van der Waals surface area contributed by atoms with Crippen LogP contribution in [0.15, 0.2) is 54.7 Å². The number of amides is 1. The summed E-state index contributed by atoms with van der Waals surface area (Å²) in [7, 11) is 0. The van der Waals surface area contributed by atoms with Gasteiger partial charge in [0.15, 0.2) is 0 Å². The van der Waals surface area contributed by atoms with Crippen LogP contribution < -0.4 is 5.32 Å². The van der Waals surface area contributed by atoms with E-state index in [-0.39, 0.29) is 12.5 Å². The molecule has 1 N–H and O–H groups in total. The fourth-order valence-corrected chi connectivity index (χ4v) is 4.12. The van der Waals surface area contributed by atoms with Gasteiger partial charge in [-0.05, 0) is 30.0 Å². The molecular formula is C21H19Cl2N5OS. The van der Waals surface area contributed by atoms with Crippen LogP contribution >= 0.6 is 35.0 Å². The molecule has 30 heavy (non-hydrogen) atoms. The Labute approximate surface area is 188 Å². The molecule has 0 bridgehead atoms. The Balaban J connectivity index is 1.54. The smallest absolute Gasteiger partial charge is 0.245 e. The molecule has 0 atom stereocenters. The molecule has 0 unspecified atom stereocenters. The molecule has 0 fully saturated rings. The molecule has 0 aliphatic rings. The number of carbonyl (C=O) groups is 1. The van der Waals surface area contributed by atoms with Crippen molar-refractivity contribution < 1.29 is 4.79 Å². The summed E-state index contributed by atoms with van der Waals surface area (Å²) in [6, 6.07) is 15.0. The molecule has 2 aromatic heterocycles. The number of benzene rings is 2. The molecule has 0 radical (unpaired) electrons. The van der Waals surface area contributed by atoms with Crippen molar-refractivity contribution in [2.24, 2.45) is 0 Å². The maximum Gasteiger partial charge on any atom is 0.245 e. The highest BCUT2D eigenvalue weighted by molar-refractivity contribution is 7.97. The summed E-state index contributed by atoms with van der Waals surface area (Å²) in [5.41, 5.74) is 2.65. The Morgan fingerprint density at radius 3 is 2.80 bits per heavy atom. The van der Waals surface area contributed by atoms with Gasteiger partial charge in [-0.1, -0.05) is 47.5 Å². The lowest BCUT2D eigenvalue weighted by Crippen LogP contribution is -2.22. The van der Waals surface area contributed by atoms with Gasteiger partial charge in [-0.15, -0.1) is 0 Å². The van der Waals surface area contributed by atoms with E-state index in [4.69, 9.17) is 23.2 Å². The third-order valence-electron chi connectivity index (χ3n) is 4.64. The third kappa shape index (κ3) is 4.33. The molecule has 0 saturated heterocycles. The van der Waals surface area contributed by atoms with Crippen molar-refractivity contribution in [2.45, 2.75) is 18.8 Å². The Hall–Kier alpha value is -2.48. The first kappa shape index (κ1) is 20.8. The van der Waals surface area contributed by atoms with Crippen molar-refractivity contribution in [2.75, 3.05) is 11.6 Å². The van der Waals surface area contributed by atoms with Crippen LogP contribution in [0.4, 0.5) is 5.82 Å². The maximum atomic E-state index is 12.8. The van der Waals surface area contributed by atoms with Crippen LogP contribution in [0.1, 0.15) is 11.4 Å². The Morgan fingerprint density at radius 1 is 1.13 bits per heavy atom. The molecule has 0 aliphatic heterocycles. The van der Waals surface area contributed by atoms with E-state index in [1.54, 1.807) is 34.8 Å². The summed E-state index contributed by atoms with van der Waals surface area (Å²) < 4.78 is 3.64. The van der Waals surface area contributed by atoms with Crippen LogP contribution in [0, 0.1) is 0 Å². The molecule has 0 aliphatic carbocycles. The fraction of sp³-hybridized carbons (Fsp3) is 0.190. The van der Waals surface area contributed by atoms with Crippen LogP contribution in [0.5, 0.6) is 0 Å². The number of nitrogens with one attached hydrogen (secondary N) is 1. The van der Waals surface area contributed by atoms with Gasteiger partial charge in [0, 0.05) is 6.07 Å². The minimum atomic E-state index is -0.153. The molecule has 154 valence electrons. The number of imidazole rings is 1. The zero-order chi connectivity index (χ0) is 21.1. The zero-order valence-electron chi connectivity index (χ0n) is 16.2. The van der Waals surface area contributed by atoms with Gasteiger partial charge in [-0.25, -0.2) is 9.67 Å². The number of hydrogen-bond donors (Lipinski definition) is 1. The number of fused-ring (bicyclic) bond motifs is 1. The fourth-order valence-electron chi connectivity index (χ4n) is 3.26. The zero-order valence-corrected chi connectivity index (χ0v) is 18.5. The molecule has 6 nitrogen and oxygen atoms in total. The Morgan fingerprint density at radius 2 is 1.97 bits per heavy atom. The van der Waals surface area contributed by atoms with Crippen LogP contribution in [0.3, 0.4) is 0 Å². The van der Waals surface area contributed by atoms with Crippen molar-refractivity contribution in [3.8, 4) is 0 Å². The lowest BCUT2D eigenvalue weighted by atomic mass is 10.2.